The van der Waals surface area contributed by atoms with E-state index in [-0.39, 0.29) is 23.9 Å². The molecule has 3 heterocycles. The highest BCUT2D eigenvalue weighted by Gasteiger charge is 2.42. The van der Waals surface area contributed by atoms with E-state index in [0.29, 0.717) is 6.42 Å². The summed E-state index contributed by atoms with van der Waals surface area (Å²) in [5.41, 5.74) is 6.96. The molecule has 6 rings (SSSR count). The van der Waals surface area contributed by atoms with Gasteiger partial charge in [0.15, 0.2) is 17.3 Å². The van der Waals surface area contributed by atoms with E-state index in [9.17, 15) is 4.79 Å². The average Bonchev–Trinajstić information content (AvgIpc) is 3.18. The molecule has 0 saturated heterocycles. The average molecular weight is 478 g/mol. The van der Waals surface area contributed by atoms with E-state index in [1.165, 1.54) is 22.5 Å². The van der Waals surface area contributed by atoms with Crippen molar-refractivity contribution in [1.29, 1.82) is 0 Å². The molecule has 0 unspecified atom stereocenters. The monoisotopic (exact) mass is 477 g/mol. The van der Waals surface area contributed by atoms with Gasteiger partial charge in [-0.05, 0) is 59.7 Å². The van der Waals surface area contributed by atoms with E-state index in [1.807, 2.05) is 6.07 Å². The van der Waals surface area contributed by atoms with E-state index in [0.717, 1.165) is 46.5 Å². The molecule has 0 spiro atoms. The number of hydrogen-bond donors (Lipinski definition) is 0. The van der Waals surface area contributed by atoms with Crippen molar-refractivity contribution in [3.05, 3.63) is 74.9 Å². The number of benzene rings is 2. The molecule has 4 aliphatic rings. The van der Waals surface area contributed by atoms with Crippen LogP contribution in [0.15, 0.2) is 58.2 Å². The molecular weight excluding hydrogens is 454 g/mol. The van der Waals surface area contributed by atoms with Crippen molar-refractivity contribution < 1.29 is 14.3 Å². The van der Waals surface area contributed by atoms with E-state index in [1.54, 1.807) is 0 Å². The van der Waals surface area contributed by atoms with Gasteiger partial charge in [0, 0.05) is 45.9 Å². The van der Waals surface area contributed by atoms with Crippen LogP contribution in [0, 0.1) is 5.41 Å². The Morgan fingerprint density at radius 1 is 1.10 bits per heavy atom. The fraction of sp³-hybridized carbons (Fsp3) is 0.346. The van der Waals surface area contributed by atoms with Crippen molar-refractivity contribution in [2.45, 2.75) is 39.0 Å². The maximum atomic E-state index is 13.4. The Hall–Kier alpha value is -2.53. The summed E-state index contributed by atoms with van der Waals surface area (Å²) in [6, 6.07) is 12.6. The normalized spacial score (nSPS) is 23.2. The second kappa shape index (κ2) is 6.73. The summed E-state index contributed by atoms with van der Waals surface area (Å²) in [7, 11) is 0. The summed E-state index contributed by atoms with van der Waals surface area (Å²) >= 11 is 3.62. The zero-order valence-electron chi connectivity index (χ0n) is 17.7. The number of ether oxygens (including phenoxy) is 2. The van der Waals surface area contributed by atoms with Crippen LogP contribution in [0.1, 0.15) is 49.3 Å². The third kappa shape index (κ3) is 3.05. The fourth-order valence-electron chi connectivity index (χ4n) is 5.49. The van der Waals surface area contributed by atoms with Gasteiger partial charge in [0.2, 0.25) is 6.79 Å². The van der Waals surface area contributed by atoms with Gasteiger partial charge in [-0.25, -0.2) is 0 Å². The number of nitrogens with zero attached hydrogens (tertiary/aromatic N) is 1. The van der Waals surface area contributed by atoms with Crippen molar-refractivity contribution in [3.8, 4) is 11.5 Å². The Labute approximate surface area is 190 Å². The Balaban J connectivity index is 1.56. The van der Waals surface area contributed by atoms with Crippen molar-refractivity contribution in [2.24, 2.45) is 5.41 Å². The molecule has 0 N–H and O–H groups in total. The lowest BCUT2D eigenvalue weighted by atomic mass is 9.69. The van der Waals surface area contributed by atoms with Gasteiger partial charge in [-0.15, -0.1) is 0 Å². The molecule has 0 aromatic heterocycles. The topological polar surface area (TPSA) is 38.8 Å². The predicted octanol–water partition coefficient (Wildman–Crippen LogP) is 5.82. The minimum Gasteiger partial charge on any atom is -0.454 e. The molecule has 31 heavy (non-hydrogen) atoms. The fourth-order valence-corrected chi connectivity index (χ4v) is 5.90. The first kappa shape index (κ1) is 19.2. The quantitative estimate of drug-likeness (QED) is 0.518. The van der Waals surface area contributed by atoms with Crippen molar-refractivity contribution >= 4 is 27.4 Å². The molecule has 2 aromatic rings. The van der Waals surface area contributed by atoms with Gasteiger partial charge in [-0.1, -0.05) is 41.9 Å². The molecule has 158 valence electrons. The standard InChI is InChI=1S/C26H24BrNO3/c1-26(2)12-21-25(22(29)13-26)19(15-4-3-5-17(27)8-15)10-20-18-11-24-23(30-14-31-24)9-16(18)6-7-28(20)21/h3-5,8-11,19H,6-7,12-14H2,1-2H3/t19-/m1/s1. The number of allylic oxidation sites excluding steroid dienone is 3. The molecule has 4 nitrogen and oxygen atoms in total. The lowest BCUT2D eigenvalue weighted by Crippen LogP contribution is -2.40. The molecule has 0 radical (unpaired) electrons. The summed E-state index contributed by atoms with van der Waals surface area (Å²) in [6.45, 7) is 5.57. The highest BCUT2D eigenvalue weighted by atomic mass is 79.9. The van der Waals surface area contributed by atoms with E-state index in [2.05, 4.69) is 71.1 Å². The summed E-state index contributed by atoms with van der Waals surface area (Å²) in [6.07, 6.45) is 4.73. The highest BCUT2D eigenvalue weighted by molar-refractivity contribution is 9.10. The molecular formula is C26H24BrNO3. The van der Waals surface area contributed by atoms with E-state index >= 15 is 0 Å². The molecule has 5 heteroatoms. The first-order valence-corrected chi connectivity index (χ1v) is 11.6. The van der Waals surface area contributed by atoms with Crippen LogP contribution in [0.25, 0.3) is 5.70 Å². The van der Waals surface area contributed by atoms with Gasteiger partial charge in [-0.3, -0.25) is 4.79 Å². The number of Topliss-reactive ketones (excluding diaryl/α,β-unsaturated/α-hetero) is 1. The third-order valence-electron chi connectivity index (χ3n) is 6.84. The third-order valence-corrected chi connectivity index (χ3v) is 7.33. The minimum absolute atomic E-state index is 0.0324. The van der Waals surface area contributed by atoms with E-state index in [4.69, 9.17) is 9.47 Å². The Morgan fingerprint density at radius 2 is 1.90 bits per heavy atom. The van der Waals surface area contributed by atoms with E-state index < -0.39 is 0 Å². The number of fused-ring (bicyclic) bond motifs is 5. The lowest BCUT2D eigenvalue weighted by molar-refractivity contribution is -0.118. The first-order valence-electron chi connectivity index (χ1n) is 10.8. The van der Waals surface area contributed by atoms with Gasteiger partial charge in [-0.2, -0.15) is 0 Å². The number of carbonyl (C=O) groups excluding carboxylic acids is 1. The van der Waals surface area contributed by atoms with Gasteiger partial charge < -0.3 is 14.4 Å². The molecule has 1 atom stereocenters. The largest absolute Gasteiger partial charge is 0.454 e. The Morgan fingerprint density at radius 3 is 2.71 bits per heavy atom. The first-order chi connectivity index (χ1) is 14.9. The predicted molar refractivity (Wildman–Crippen MR) is 123 cm³/mol. The van der Waals surface area contributed by atoms with Crippen LogP contribution in [0.2, 0.25) is 0 Å². The maximum absolute atomic E-state index is 13.4. The number of ketones is 1. The van der Waals surface area contributed by atoms with Gasteiger partial charge in [0.25, 0.3) is 0 Å². The summed E-state index contributed by atoms with van der Waals surface area (Å²) in [5.74, 6) is 1.88. The second-order valence-corrected chi connectivity index (χ2v) is 10.6. The van der Waals surface area contributed by atoms with Crippen molar-refractivity contribution in [1.82, 2.24) is 4.90 Å². The number of halogens is 1. The zero-order valence-corrected chi connectivity index (χ0v) is 19.3. The molecule has 3 aliphatic heterocycles. The number of rotatable bonds is 1. The minimum atomic E-state index is -0.0428. The van der Waals surface area contributed by atoms with Crippen LogP contribution in [0.5, 0.6) is 11.5 Å². The van der Waals surface area contributed by atoms with Gasteiger partial charge in [0.1, 0.15) is 0 Å². The van der Waals surface area contributed by atoms with Crippen LogP contribution < -0.4 is 9.47 Å². The van der Waals surface area contributed by atoms with Crippen LogP contribution in [0.3, 0.4) is 0 Å². The number of carbonyl (C=O) groups is 1. The zero-order chi connectivity index (χ0) is 21.3. The molecule has 2 aromatic carbocycles. The smallest absolute Gasteiger partial charge is 0.231 e. The van der Waals surface area contributed by atoms with Crippen molar-refractivity contribution in [3.63, 3.8) is 0 Å². The van der Waals surface area contributed by atoms with Crippen LogP contribution >= 0.6 is 15.9 Å². The molecule has 0 saturated carbocycles. The summed E-state index contributed by atoms with van der Waals surface area (Å²) in [5, 5.41) is 0. The molecule has 0 bridgehead atoms. The highest BCUT2D eigenvalue weighted by Crippen LogP contribution is 2.51. The SMILES string of the molecule is CC1(C)CC(=O)C2=C(C1)N1CCc3cc4c(cc3C1=C[C@@H]2c1cccc(Br)c1)OCO4. The lowest BCUT2D eigenvalue weighted by Gasteiger charge is -2.46. The second-order valence-electron chi connectivity index (χ2n) is 9.65. The van der Waals surface area contributed by atoms with Crippen LogP contribution in [-0.4, -0.2) is 24.0 Å². The molecule has 0 amide bonds. The Kier molecular flexibility index (Phi) is 4.16. The Bertz CT molecular complexity index is 1190. The molecule has 1 aliphatic carbocycles. The van der Waals surface area contributed by atoms with Gasteiger partial charge in [0.05, 0.1) is 0 Å². The summed E-state index contributed by atoms with van der Waals surface area (Å²) in [4.78, 5) is 15.8. The maximum Gasteiger partial charge on any atom is 0.231 e. The van der Waals surface area contributed by atoms with Gasteiger partial charge >= 0.3 is 0 Å². The number of hydrogen-bond acceptors (Lipinski definition) is 4. The van der Waals surface area contributed by atoms with Crippen LogP contribution in [-0.2, 0) is 11.2 Å². The summed E-state index contributed by atoms with van der Waals surface area (Å²) < 4.78 is 12.3. The van der Waals surface area contributed by atoms with Crippen LogP contribution in [0.4, 0.5) is 0 Å². The van der Waals surface area contributed by atoms with Crippen molar-refractivity contribution in [2.75, 3.05) is 13.3 Å². The molecule has 0 fully saturated rings.